The van der Waals surface area contributed by atoms with Crippen molar-refractivity contribution in [2.75, 3.05) is 31.5 Å². The molecule has 0 spiro atoms. The lowest BCUT2D eigenvalue weighted by Crippen LogP contribution is -2.52. The predicted octanol–water partition coefficient (Wildman–Crippen LogP) is 2.30. The van der Waals surface area contributed by atoms with Gasteiger partial charge >= 0.3 is 0 Å². The standard InChI is InChI=1S/C19H18FN3O3S/c20-12-3-4-13-14(11-17(24)21-15(13)10-12)18(25)22-5-7-23(8-6-22)19(26)16-2-1-9-27-16/h1-4,9-10,14H,5-8,11H2,(H,21,24). The van der Waals surface area contributed by atoms with Gasteiger partial charge in [-0.1, -0.05) is 12.1 Å². The van der Waals surface area contributed by atoms with Crippen LogP contribution >= 0.6 is 11.3 Å². The Bertz CT molecular complexity index is 892. The van der Waals surface area contributed by atoms with Gasteiger partial charge in [0, 0.05) is 38.3 Å². The van der Waals surface area contributed by atoms with Crippen molar-refractivity contribution in [3.05, 3.63) is 52.0 Å². The molecule has 1 atom stereocenters. The normalized spacial score (nSPS) is 19.4. The minimum atomic E-state index is -0.617. The average Bonchev–Trinajstić information content (AvgIpc) is 3.20. The Kier molecular flexibility index (Phi) is 4.65. The molecule has 1 unspecified atom stereocenters. The number of amides is 3. The van der Waals surface area contributed by atoms with E-state index in [1.165, 1.54) is 23.5 Å². The molecule has 8 heteroatoms. The molecule has 0 saturated carbocycles. The summed E-state index contributed by atoms with van der Waals surface area (Å²) in [5.74, 6) is -1.54. The molecule has 2 aliphatic rings. The second kappa shape index (κ2) is 7.11. The van der Waals surface area contributed by atoms with Crippen LogP contribution in [0.25, 0.3) is 0 Å². The summed E-state index contributed by atoms with van der Waals surface area (Å²) in [6.45, 7) is 1.75. The van der Waals surface area contributed by atoms with Crippen LogP contribution in [-0.2, 0) is 9.59 Å². The Labute approximate surface area is 159 Å². The first-order valence-electron chi connectivity index (χ1n) is 8.74. The molecule has 2 aromatic rings. The Morgan fingerprint density at radius 3 is 2.56 bits per heavy atom. The molecule has 3 heterocycles. The fourth-order valence-corrected chi connectivity index (χ4v) is 4.25. The molecule has 3 amide bonds. The van der Waals surface area contributed by atoms with Gasteiger partial charge in [-0.3, -0.25) is 14.4 Å². The molecule has 1 N–H and O–H groups in total. The van der Waals surface area contributed by atoms with Gasteiger partial charge in [0.2, 0.25) is 11.8 Å². The van der Waals surface area contributed by atoms with E-state index in [2.05, 4.69) is 5.32 Å². The number of nitrogens with zero attached hydrogens (tertiary/aromatic N) is 2. The first-order chi connectivity index (χ1) is 13.0. The summed E-state index contributed by atoms with van der Waals surface area (Å²) in [6, 6.07) is 7.73. The fraction of sp³-hybridized carbons (Fsp3) is 0.316. The van der Waals surface area contributed by atoms with E-state index in [0.717, 1.165) is 0 Å². The number of hydrogen-bond donors (Lipinski definition) is 1. The predicted molar refractivity (Wildman–Crippen MR) is 99.2 cm³/mol. The Hall–Kier alpha value is -2.74. The summed E-state index contributed by atoms with van der Waals surface area (Å²) >= 11 is 1.40. The zero-order chi connectivity index (χ0) is 19.0. The van der Waals surface area contributed by atoms with Crippen LogP contribution in [0, 0.1) is 5.82 Å². The number of rotatable bonds is 2. The largest absolute Gasteiger partial charge is 0.339 e. The van der Waals surface area contributed by atoms with Gasteiger partial charge in [0.15, 0.2) is 0 Å². The third kappa shape index (κ3) is 3.44. The van der Waals surface area contributed by atoms with Gasteiger partial charge in [0.25, 0.3) is 5.91 Å². The van der Waals surface area contributed by atoms with E-state index < -0.39 is 11.7 Å². The highest BCUT2D eigenvalue weighted by molar-refractivity contribution is 7.12. The molecule has 2 aliphatic heterocycles. The highest BCUT2D eigenvalue weighted by Crippen LogP contribution is 2.34. The molecule has 1 aromatic heterocycles. The molecule has 140 valence electrons. The summed E-state index contributed by atoms with van der Waals surface area (Å²) in [5, 5.41) is 4.49. The van der Waals surface area contributed by atoms with Crippen molar-refractivity contribution in [2.24, 2.45) is 0 Å². The van der Waals surface area contributed by atoms with Crippen molar-refractivity contribution < 1.29 is 18.8 Å². The number of carbonyl (C=O) groups excluding carboxylic acids is 3. The van der Waals surface area contributed by atoms with Gasteiger partial charge in [0.1, 0.15) is 5.82 Å². The Balaban J connectivity index is 1.46. The minimum absolute atomic E-state index is 0.0186. The zero-order valence-electron chi connectivity index (χ0n) is 14.5. The number of anilines is 1. The van der Waals surface area contributed by atoms with E-state index in [0.29, 0.717) is 42.3 Å². The van der Waals surface area contributed by atoms with Crippen LogP contribution in [-0.4, -0.2) is 53.7 Å². The SMILES string of the molecule is O=C1CC(C(=O)N2CCN(C(=O)c3cccs3)CC2)c2ccc(F)cc2N1. The quantitative estimate of drug-likeness (QED) is 0.860. The second-order valence-electron chi connectivity index (χ2n) is 6.63. The van der Waals surface area contributed by atoms with Crippen molar-refractivity contribution >= 4 is 34.7 Å². The summed E-state index contributed by atoms with van der Waals surface area (Å²) in [7, 11) is 0. The third-order valence-corrected chi connectivity index (χ3v) is 5.82. The fourth-order valence-electron chi connectivity index (χ4n) is 3.56. The summed E-state index contributed by atoms with van der Waals surface area (Å²) in [5.41, 5.74) is 0.995. The van der Waals surface area contributed by atoms with Crippen LogP contribution < -0.4 is 5.32 Å². The van der Waals surface area contributed by atoms with Crippen molar-refractivity contribution in [1.29, 1.82) is 0 Å². The smallest absolute Gasteiger partial charge is 0.264 e. The van der Waals surface area contributed by atoms with E-state index in [-0.39, 0.29) is 24.1 Å². The van der Waals surface area contributed by atoms with Gasteiger partial charge in [-0.2, -0.15) is 0 Å². The van der Waals surface area contributed by atoms with Gasteiger partial charge in [0.05, 0.1) is 10.8 Å². The summed E-state index contributed by atoms with van der Waals surface area (Å²) < 4.78 is 13.5. The Morgan fingerprint density at radius 1 is 1.11 bits per heavy atom. The number of fused-ring (bicyclic) bond motifs is 1. The zero-order valence-corrected chi connectivity index (χ0v) is 15.3. The van der Waals surface area contributed by atoms with Gasteiger partial charge in [-0.15, -0.1) is 11.3 Å². The number of nitrogens with one attached hydrogen (secondary N) is 1. The van der Waals surface area contributed by atoms with Crippen LogP contribution in [0.3, 0.4) is 0 Å². The maximum Gasteiger partial charge on any atom is 0.264 e. The number of hydrogen-bond acceptors (Lipinski definition) is 4. The van der Waals surface area contributed by atoms with E-state index in [4.69, 9.17) is 0 Å². The third-order valence-electron chi connectivity index (χ3n) is 4.96. The molecule has 1 saturated heterocycles. The highest BCUT2D eigenvalue weighted by atomic mass is 32.1. The maximum absolute atomic E-state index is 13.5. The highest BCUT2D eigenvalue weighted by Gasteiger charge is 2.35. The van der Waals surface area contributed by atoms with E-state index in [1.54, 1.807) is 21.9 Å². The molecule has 1 fully saturated rings. The van der Waals surface area contributed by atoms with Gasteiger partial charge in [-0.25, -0.2) is 4.39 Å². The lowest BCUT2D eigenvalue weighted by atomic mass is 9.89. The lowest BCUT2D eigenvalue weighted by Gasteiger charge is -2.37. The number of halogens is 1. The van der Waals surface area contributed by atoms with E-state index in [1.807, 2.05) is 11.4 Å². The summed E-state index contributed by atoms with van der Waals surface area (Å²) in [4.78, 5) is 41.5. The maximum atomic E-state index is 13.5. The number of carbonyl (C=O) groups is 3. The van der Waals surface area contributed by atoms with Crippen LogP contribution in [0.5, 0.6) is 0 Å². The molecular formula is C19H18FN3O3S. The van der Waals surface area contributed by atoms with Crippen LogP contribution in [0.4, 0.5) is 10.1 Å². The van der Waals surface area contributed by atoms with E-state index >= 15 is 0 Å². The minimum Gasteiger partial charge on any atom is -0.339 e. The number of thiophene rings is 1. The first-order valence-corrected chi connectivity index (χ1v) is 9.62. The lowest BCUT2D eigenvalue weighted by molar-refractivity contribution is -0.136. The van der Waals surface area contributed by atoms with Crippen molar-refractivity contribution in [3.63, 3.8) is 0 Å². The molecule has 0 aliphatic carbocycles. The van der Waals surface area contributed by atoms with Crippen LogP contribution in [0.1, 0.15) is 27.6 Å². The van der Waals surface area contributed by atoms with Crippen LogP contribution in [0.15, 0.2) is 35.7 Å². The Morgan fingerprint density at radius 2 is 1.85 bits per heavy atom. The molecule has 6 nitrogen and oxygen atoms in total. The average molecular weight is 387 g/mol. The molecule has 27 heavy (non-hydrogen) atoms. The van der Waals surface area contributed by atoms with Gasteiger partial charge < -0.3 is 15.1 Å². The van der Waals surface area contributed by atoms with Crippen molar-refractivity contribution in [3.8, 4) is 0 Å². The monoisotopic (exact) mass is 387 g/mol. The van der Waals surface area contributed by atoms with Crippen molar-refractivity contribution in [1.82, 2.24) is 9.80 Å². The molecule has 1 aromatic carbocycles. The topological polar surface area (TPSA) is 69.7 Å². The van der Waals surface area contributed by atoms with E-state index in [9.17, 15) is 18.8 Å². The molecule has 0 radical (unpaired) electrons. The molecule has 4 rings (SSSR count). The van der Waals surface area contributed by atoms with Crippen molar-refractivity contribution in [2.45, 2.75) is 12.3 Å². The number of piperazine rings is 1. The first kappa shape index (κ1) is 17.7. The second-order valence-corrected chi connectivity index (χ2v) is 7.58. The van der Waals surface area contributed by atoms with Gasteiger partial charge in [-0.05, 0) is 29.1 Å². The summed E-state index contributed by atoms with van der Waals surface area (Å²) in [6.07, 6.45) is 0.0474. The molecule has 0 bridgehead atoms. The van der Waals surface area contributed by atoms with Crippen LogP contribution in [0.2, 0.25) is 0 Å². The molecular weight excluding hydrogens is 369 g/mol. The number of benzene rings is 1.